The van der Waals surface area contributed by atoms with Crippen LogP contribution in [-0.2, 0) is 0 Å². The van der Waals surface area contributed by atoms with Crippen LogP contribution in [0.2, 0.25) is 0 Å². The molecule has 1 aromatic rings. The summed E-state index contributed by atoms with van der Waals surface area (Å²) >= 11 is 0. The van der Waals surface area contributed by atoms with Crippen molar-refractivity contribution in [3.05, 3.63) is 35.9 Å². The summed E-state index contributed by atoms with van der Waals surface area (Å²) in [5, 5.41) is 0. The Morgan fingerprint density at radius 2 is 1.74 bits per heavy atom. The monoisotopic (exact) mass is 258 g/mol. The SMILES string of the molecule is CN(C1CC1)C1(CN)CCC(c2ccccc2)CC1. The second kappa shape index (κ2) is 5.26. The largest absolute Gasteiger partial charge is 0.329 e. The van der Waals surface area contributed by atoms with Gasteiger partial charge in [-0.25, -0.2) is 0 Å². The van der Waals surface area contributed by atoms with Crippen molar-refractivity contribution in [3.63, 3.8) is 0 Å². The minimum Gasteiger partial charge on any atom is -0.329 e. The van der Waals surface area contributed by atoms with Gasteiger partial charge in [0.2, 0.25) is 0 Å². The Bertz CT molecular complexity index is 403. The first-order valence-corrected chi connectivity index (χ1v) is 7.73. The highest BCUT2D eigenvalue weighted by molar-refractivity contribution is 5.21. The van der Waals surface area contributed by atoms with Crippen LogP contribution in [0.15, 0.2) is 30.3 Å². The normalized spacial score (nSPS) is 31.6. The predicted octanol–water partition coefficient (Wildman–Crippen LogP) is 3.14. The number of rotatable bonds is 4. The van der Waals surface area contributed by atoms with Gasteiger partial charge < -0.3 is 5.73 Å². The number of nitrogens with two attached hydrogens (primary N) is 1. The fraction of sp³-hybridized carbons (Fsp3) is 0.647. The molecule has 0 saturated heterocycles. The number of hydrogen-bond acceptors (Lipinski definition) is 2. The Labute approximate surface area is 117 Å². The van der Waals surface area contributed by atoms with E-state index in [1.165, 1.54) is 44.1 Å². The third kappa shape index (κ3) is 2.56. The molecule has 0 spiro atoms. The Kier molecular flexibility index (Phi) is 3.64. The van der Waals surface area contributed by atoms with Crippen molar-refractivity contribution in [2.75, 3.05) is 13.6 Å². The molecule has 2 nitrogen and oxygen atoms in total. The third-order valence-electron chi connectivity index (χ3n) is 5.41. The van der Waals surface area contributed by atoms with E-state index in [-0.39, 0.29) is 5.54 Å². The number of likely N-dealkylation sites (N-methyl/N-ethyl adjacent to an activating group) is 1. The lowest BCUT2D eigenvalue weighted by Gasteiger charge is -2.46. The van der Waals surface area contributed by atoms with Crippen molar-refractivity contribution >= 4 is 0 Å². The molecule has 0 amide bonds. The molecule has 0 unspecified atom stereocenters. The van der Waals surface area contributed by atoms with Gasteiger partial charge in [0.1, 0.15) is 0 Å². The average molecular weight is 258 g/mol. The van der Waals surface area contributed by atoms with Crippen molar-refractivity contribution in [3.8, 4) is 0 Å². The molecule has 3 rings (SSSR count). The zero-order valence-electron chi connectivity index (χ0n) is 12.0. The van der Waals surface area contributed by atoms with Crippen LogP contribution in [0.5, 0.6) is 0 Å². The highest BCUT2D eigenvalue weighted by atomic mass is 15.2. The van der Waals surface area contributed by atoms with Gasteiger partial charge >= 0.3 is 0 Å². The van der Waals surface area contributed by atoms with E-state index in [4.69, 9.17) is 5.73 Å². The first kappa shape index (κ1) is 13.1. The van der Waals surface area contributed by atoms with Crippen molar-refractivity contribution < 1.29 is 0 Å². The lowest BCUT2D eigenvalue weighted by atomic mass is 9.73. The summed E-state index contributed by atoms with van der Waals surface area (Å²) in [6, 6.07) is 11.8. The van der Waals surface area contributed by atoms with Gasteiger partial charge in [-0.1, -0.05) is 30.3 Å². The molecule has 2 heteroatoms. The van der Waals surface area contributed by atoms with Gasteiger partial charge in [0.25, 0.3) is 0 Å². The van der Waals surface area contributed by atoms with E-state index in [1.807, 2.05) is 0 Å². The van der Waals surface area contributed by atoms with Crippen molar-refractivity contribution in [1.29, 1.82) is 0 Å². The van der Waals surface area contributed by atoms with Gasteiger partial charge in [-0.15, -0.1) is 0 Å². The van der Waals surface area contributed by atoms with Gasteiger partial charge in [-0.2, -0.15) is 0 Å². The van der Waals surface area contributed by atoms with Crippen molar-refractivity contribution in [1.82, 2.24) is 4.90 Å². The molecule has 19 heavy (non-hydrogen) atoms. The highest BCUT2D eigenvalue weighted by Crippen LogP contribution is 2.43. The van der Waals surface area contributed by atoms with Crippen LogP contribution in [0.1, 0.15) is 50.0 Å². The van der Waals surface area contributed by atoms with Crippen LogP contribution in [0.3, 0.4) is 0 Å². The Morgan fingerprint density at radius 3 is 2.26 bits per heavy atom. The van der Waals surface area contributed by atoms with Crippen LogP contribution >= 0.6 is 0 Å². The van der Waals surface area contributed by atoms with E-state index in [1.54, 1.807) is 0 Å². The molecule has 2 saturated carbocycles. The van der Waals surface area contributed by atoms with E-state index in [2.05, 4.69) is 42.3 Å². The Hall–Kier alpha value is -0.860. The van der Waals surface area contributed by atoms with Gasteiger partial charge in [-0.05, 0) is 57.1 Å². The molecule has 2 aliphatic carbocycles. The predicted molar refractivity (Wildman–Crippen MR) is 80.2 cm³/mol. The van der Waals surface area contributed by atoms with Crippen molar-refractivity contribution in [2.45, 2.75) is 56.0 Å². The molecule has 0 atom stereocenters. The summed E-state index contributed by atoms with van der Waals surface area (Å²) in [5.41, 5.74) is 7.95. The number of nitrogens with zero attached hydrogens (tertiary/aromatic N) is 1. The first-order valence-electron chi connectivity index (χ1n) is 7.73. The summed E-state index contributed by atoms with van der Waals surface area (Å²) in [5.74, 6) is 0.744. The zero-order valence-corrected chi connectivity index (χ0v) is 12.0. The van der Waals surface area contributed by atoms with E-state index < -0.39 is 0 Å². The van der Waals surface area contributed by atoms with Crippen LogP contribution < -0.4 is 5.73 Å². The smallest absolute Gasteiger partial charge is 0.0332 e. The summed E-state index contributed by atoms with van der Waals surface area (Å²) in [6.07, 6.45) is 7.85. The maximum atomic E-state index is 6.15. The summed E-state index contributed by atoms with van der Waals surface area (Å²) in [7, 11) is 2.30. The third-order valence-corrected chi connectivity index (χ3v) is 5.41. The molecule has 0 bridgehead atoms. The number of benzene rings is 1. The molecule has 0 aromatic heterocycles. The van der Waals surface area contributed by atoms with E-state index in [0.717, 1.165) is 18.5 Å². The summed E-state index contributed by atoms with van der Waals surface area (Å²) in [6.45, 7) is 0.821. The molecular weight excluding hydrogens is 232 g/mol. The standard InChI is InChI=1S/C17H26N2/c1-19(16-7-8-16)17(13-18)11-9-15(10-12-17)14-5-3-2-4-6-14/h2-6,15-16H,7-13,18H2,1H3. The van der Waals surface area contributed by atoms with Gasteiger partial charge in [0.05, 0.1) is 0 Å². The maximum absolute atomic E-state index is 6.15. The zero-order chi connectivity index (χ0) is 13.3. The van der Waals surface area contributed by atoms with Gasteiger partial charge in [0, 0.05) is 18.1 Å². The van der Waals surface area contributed by atoms with Crippen LogP contribution in [-0.4, -0.2) is 30.1 Å². The Balaban J connectivity index is 1.67. The summed E-state index contributed by atoms with van der Waals surface area (Å²) < 4.78 is 0. The quantitative estimate of drug-likeness (QED) is 0.899. The second-order valence-electron chi connectivity index (χ2n) is 6.46. The second-order valence-corrected chi connectivity index (χ2v) is 6.46. The van der Waals surface area contributed by atoms with Gasteiger partial charge in [-0.3, -0.25) is 4.90 Å². The van der Waals surface area contributed by atoms with Crippen LogP contribution in [0, 0.1) is 0 Å². The number of hydrogen-bond donors (Lipinski definition) is 1. The Morgan fingerprint density at radius 1 is 1.11 bits per heavy atom. The molecule has 2 aliphatic rings. The van der Waals surface area contributed by atoms with Crippen molar-refractivity contribution in [2.24, 2.45) is 5.73 Å². The maximum Gasteiger partial charge on any atom is 0.0332 e. The van der Waals surface area contributed by atoms with E-state index >= 15 is 0 Å². The molecular formula is C17H26N2. The van der Waals surface area contributed by atoms with Crippen LogP contribution in [0.25, 0.3) is 0 Å². The molecule has 104 valence electrons. The topological polar surface area (TPSA) is 29.3 Å². The van der Waals surface area contributed by atoms with Gasteiger partial charge in [0.15, 0.2) is 0 Å². The molecule has 0 radical (unpaired) electrons. The lowest BCUT2D eigenvalue weighted by molar-refractivity contribution is 0.0691. The van der Waals surface area contributed by atoms with E-state index in [0.29, 0.717) is 0 Å². The molecule has 2 N–H and O–H groups in total. The first-order chi connectivity index (χ1) is 9.25. The minimum absolute atomic E-state index is 0.284. The molecule has 1 aromatic carbocycles. The molecule has 0 aliphatic heterocycles. The average Bonchev–Trinajstić information content (AvgIpc) is 3.32. The molecule has 2 fully saturated rings. The lowest BCUT2D eigenvalue weighted by Crippen LogP contribution is -2.54. The van der Waals surface area contributed by atoms with E-state index in [9.17, 15) is 0 Å². The van der Waals surface area contributed by atoms with Crippen LogP contribution in [0.4, 0.5) is 0 Å². The fourth-order valence-corrected chi connectivity index (χ4v) is 3.76. The summed E-state index contributed by atoms with van der Waals surface area (Å²) in [4.78, 5) is 2.61. The minimum atomic E-state index is 0.284. The highest BCUT2D eigenvalue weighted by Gasteiger charge is 2.43. The molecule has 0 heterocycles. The fourth-order valence-electron chi connectivity index (χ4n) is 3.76.